The summed E-state index contributed by atoms with van der Waals surface area (Å²) in [5.41, 5.74) is 2.38. The van der Waals surface area contributed by atoms with Gasteiger partial charge in [-0.1, -0.05) is 22.9 Å². The number of nitrogens with one attached hydrogen (secondary N) is 2. The number of carbonyl (C=O) groups is 1. The van der Waals surface area contributed by atoms with Gasteiger partial charge in [0.15, 0.2) is 0 Å². The summed E-state index contributed by atoms with van der Waals surface area (Å²) in [6.45, 7) is 4.95. The van der Waals surface area contributed by atoms with Crippen molar-refractivity contribution >= 4 is 33.3 Å². The van der Waals surface area contributed by atoms with Gasteiger partial charge in [0, 0.05) is 22.9 Å². The van der Waals surface area contributed by atoms with Crippen molar-refractivity contribution in [2.24, 2.45) is 0 Å². The maximum Gasteiger partial charge on any atom is 0.257 e. The van der Waals surface area contributed by atoms with Gasteiger partial charge in [-0.25, -0.2) is 4.98 Å². The maximum atomic E-state index is 12.2. The number of aryl methyl sites for hydroxylation is 1. The van der Waals surface area contributed by atoms with Crippen molar-refractivity contribution in [1.29, 1.82) is 0 Å². The van der Waals surface area contributed by atoms with E-state index in [2.05, 4.69) is 38.5 Å². The van der Waals surface area contributed by atoms with E-state index in [4.69, 9.17) is 0 Å². The Bertz CT molecular complexity index is 606. The minimum atomic E-state index is -0.165. The Hall–Kier alpha value is -1.88. The third kappa shape index (κ3) is 4.56. The predicted octanol–water partition coefficient (Wildman–Crippen LogP) is 4.23. The van der Waals surface area contributed by atoms with Gasteiger partial charge in [-0.3, -0.25) is 4.79 Å². The summed E-state index contributed by atoms with van der Waals surface area (Å²) < 4.78 is 0.940. The second-order valence-electron chi connectivity index (χ2n) is 4.83. The normalized spacial score (nSPS) is 10.2. The van der Waals surface area contributed by atoms with E-state index in [1.165, 1.54) is 0 Å². The number of aromatic nitrogens is 1. The Morgan fingerprint density at radius 3 is 2.71 bits per heavy atom. The lowest BCUT2D eigenvalue weighted by atomic mass is 10.2. The number of hydrogen-bond donors (Lipinski definition) is 2. The summed E-state index contributed by atoms with van der Waals surface area (Å²) in [5, 5.41) is 6.05. The van der Waals surface area contributed by atoms with Crippen LogP contribution in [0.1, 0.15) is 29.3 Å². The molecule has 110 valence electrons. The van der Waals surface area contributed by atoms with Gasteiger partial charge in [0.05, 0.1) is 5.56 Å². The van der Waals surface area contributed by atoms with Crippen LogP contribution in [-0.4, -0.2) is 17.4 Å². The molecule has 0 spiro atoms. The van der Waals surface area contributed by atoms with Gasteiger partial charge < -0.3 is 10.6 Å². The van der Waals surface area contributed by atoms with Crippen LogP contribution in [0.25, 0.3) is 0 Å². The molecule has 0 radical (unpaired) electrons. The van der Waals surface area contributed by atoms with Crippen LogP contribution in [0.5, 0.6) is 0 Å². The molecule has 0 aliphatic heterocycles. The highest BCUT2D eigenvalue weighted by atomic mass is 79.9. The molecular weight excluding hydrogens is 330 g/mol. The van der Waals surface area contributed by atoms with E-state index in [1.54, 1.807) is 12.3 Å². The van der Waals surface area contributed by atoms with Crippen molar-refractivity contribution in [3.8, 4) is 0 Å². The smallest absolute Gasteiger partial charge is 0.257 e. The third-order valence-electron chi connectivity index (χ3n) is 2.88. The lowest BCUT2D eigenvalue weighted by molar-refractivity contribution is 0.102. The monoisotopic (exact) mass is 347 g/mol. The molecular formula is C16H18BrN3O. The molecule has 1 heterocycles. The zero-order valence-corrected chi connectivity index (χ0v) is 13.7. The fourth-order valence-corrected chi connectivity index (χ4v) is 2.51. The number of hydrogen-bond acceptors (Lipinski definition) is 3. The van der Waals surface area contributed by atoms with Crippen molar-refractivity contribution < 1.29 is 4.79 Å². The molecule has 5 heteroatoms. The van der Waals surface area contributed by atoms with Crippen molar-refractivity contribution in [3.63, 3.8) is 0 Å². The van der Waals surface area contributed by atoms with Crippen molar-refractivity contribution in [2.75, 3.05) is 17.2 Å². The topological polar surface area (TPSA) is 54.0 Å². The van der Waals surface area contributed by atoms with Gasteiger partial charge in [-0.2, -0.15) is 0 Å². The molecule has 0 fully saturated rings. The fraction of sp³-hybridized carbons (Fsp3) is 0.250. The fourth-order valence-electron chi connectivity index (χ4n) is 1.90. The minimum Gasteiger partial charge on any atom is -0.370 e. The summed E-state index contributed by atoms with van der Waals surface area (Å²) in [5.74, 6) is 0.619. The van der Waals surface area contributed by atoms with Gasteiger partial charge in [-0.15, -0.1) is 0 Å². The summed E-state index contributed by atoms with van der Waals surface area (Å²) in [7, 11) is 0. The van der Waals surface area contributed by atoms with E-state index >= 15 is 0 Å². The molecule has 2 rings (SSSR count). The molecule has 0 saturated carbocycles. The van der Waals surface area contributed by atoms with Crippen LogP contribution in [0.2, 0.25) is 0 Å². The molecule has 0 saturated heterocycles. The highest BCUT2D eigenvalue weighted by Crippen LogP contribution is 2.19. The zero-order chi connectivity index (χ0) is 15.2. The number of halogens is 1. The average Bonchev–Trinajstić information content (AvgIpc) is 2.44. The Morgan fingerprint density at radius 1 is 1.29 bits per heavy atom. The Balaban J connectivity index is 2.06. The molecule has 0 unspecified atom stereocenters. The molecule has 1 aromatic heterocycles. The van der Waals surface area contributed by atoms with Crippen LogP contribution >= 0.6 is 15.9 Å². The van der Waals surface area contributed by atoms with Gasteiger partial charge in [0.25, 0.3) is 5.91 Å². The lowest BCUT2D eigenvalue weighted by Crippen LogP contribution is -2.12. The number of amides is 1. The second-order valence-corrected chi connectivity index (χ2v) is 5.75. The minimum absolute atomic E-state index is 0.165. The van der Waals surface area contributed by atoms with Crippen LogP contribution < -0.4 is 10.6 Å². The predicted molar refractivity (Wildman–Crippen MR) is 89.8 cm³/mol. The number of carbonyl (C=O) groups excluding carboxylic acids is 1. The van der Waals surface area contributed by atoms with Crippen molar-refractivity contribution in [2.45, 2.75) is 20.3 Å². The first-order valence-corrected chi connectivity index (χ1v) is 7.66. The number of pyridine rings is 1. The number of anilines is 2. The summed E-state index contributed by atoms with van der Waals surface area (Å²) >= 11 is 3.42. The van der Waals surface area contributed by atoms with E-state index in [1.807, 2.05) is 31.2 Å². The highest BCUT2D eigenvalue weighted by molar-refractivity contribution is 9.10. The van der Waals surface area contributed by atoms with E-state index < -0.39 is 0 Å². The van der Waals surface area contributed by atoms with Crippen LogP contribution in [0.3, 0.4) is 0 Å². The number of rotatable bonds is 5. The standard InChI is InChI=1S/C16H18BrN3O/c1-3-6-18-15-5-4-12(10-19-15)16(21)20-14-8-11(2)7-13(17)9-14/h4-5,7-10H,3,6H2,1-2H3,(H,18,19)(H,20,21). The molecule has 0 atom stereocenters. The van der Waals surface area contributed by atoms with Crippen molar-refractivity contribution in [1.82, 2.24) is 4.98 Å². The van der Waals surface area contributed by atoms with Crippen LogP contribution in [0, 0.1) is 6.92 Å². The van der Waals surface area contributed by atoms with Gasteiger partial charge in [0.1, 0.15) is 5.82 Å². The Labute approximate surface area is 133 Å². The third-order valence-corrected chi connectivity index (χ3v) is 3.34. The SMILES string of the molecule is CCCNc1ccc(C(=O)Nc2cc(C)cc(Br)c2)cn1. The molecule has 0 aliphatic rings. The van der Waals surface area contributed by atoms with E-state index in [-0.39, 0.29) is 5.91 Å². The highest BCUT2D eigenvalue weighted by Gasteiger charge is 2.07. The molecule has 1 aromatic carbocycles. The first-order valence-electron chi connectivity index (χ1n) is 6.87. The van der Waals surface area contributed by atoms with Crippen LogP contribution in [-0.2, 0) is 0 Å². The largest absolute Gasteiger partial charge is 0.370 e. The Kier molecular flexibility index (Phi) is 5.33. The lowest BCUT2D eigenvalue weighted by Gasteiger charge is -2.08. The van der Waals surface area contributed by atoms with Crippen molar-refractivity contribution in [3.05, 3.63) is 52.1 Å². The Morgan fingerprint density at radius 2 is 2.10 bits per heavy atom. The van der Waals surface area contributed by atoms with Gasteiger partial charge in [-0.05, 0) is 49.2 Å². The first-order chi connectivity index (χ1) is 10.1. The molecule has 0 bridgehead atoms. The summed E-state index contributed by atoms with van der Waals surface area (Å²) in [6.07, 6.45) is 2.62. The second kappa shape index (κ2) is 7.22. The number of nitrogens with zero attached hydrogens (tertiary/aromatic N) is 1. The quantitative estimate of drug-likeness (QED) is 0.850. The molecule has 0 aliphatic carbocycles. The van der Waals surface area contributed by atoms with Crippen LogP contribution in [0.15, 0.2) is 41.0 Å². The van der Waals surface area contributed by atoms with Gasteiger partial charge >= 0.3 is 0 Å². The first kappa shape index (κ1) is 15.5. The van der Waals surface area contributed by atoms with Crippen LogP contribution in [0.4, 0.5) is 11.5 Å². The van der Waals surface area contributed by atoms with E-state index in [0.717, 1.165) is 34.5 Å². The number of benzene rings is 1. The van der Waals surface area contributed by atoms with E-state index in [0.29, 0.717) is 5.56 Å². The molecule has 2 aromatic rings. The molecule has 2 N–H and O–H groups in total. The summed E-state index contributed by atoms with van der Waals surface area (Å²) in [4.78, 5) is 16.4. The maximum absolute atomic E-state index is 12.2. The van der Waals surface area contributed by atoms with E-state index in [9.17, 15) is 4.79 Å². The summed E-state index contributed by atoms with van der Waals surface area (Å²) in [6, 6.07) is 9.37. The molecule has 21 heavy (non-hydrogen) atoms. The molecule has 1 amide bonds. The average molecular weight is 348 g/mol. The van der Waals surface area contributed by atoms with Gasteiger partial charge in [0.2, 0.25) is 0 Å². The molecule has 4 nitrogen and oxygen atoms in total. The zero-order valence-electron chi connectivity index (χ0n) is 12.1.